The van der Waals surface area contributed by atoms with E-state index in [1.807, 2.05) is 56.3 Å². The van der Waals surface area contributed by atoms with Gasteiger partial charge >= 0.3 is 0 Å². The third-order valence-corrected chi connectivity index (χ3v) is 9.36. The first-order valence-corrected chi connectivity index (χ1v) is 14.3. The van der Waals surface area contributed by atoms with Crippen molar-refractivity contribution in [3.63, 3.8) is 0 Å². The summed E-state index contributed by atoms with van der Waals surface area (Å²) in [5.74, 6) is -0.259. The summed E-state index contributed by atoms with van der Waals surface area (Å²) in [6.07, 6.45) is 1.69. The van der Waals surface area contributed by atoms with E-state index in [9.17, 15) is 13.2 Å². The molecule has 4 aromatic rings. The molecule has 0 bridgehead atoms. The topological polar surface area (TPSA) is 70.6 Å². The van der Waals surface area contributed by atoms with Crippen LogP contribution in [0.3, 0.4) is 0 Å². The van der Waals surface area contributed by atoms with Gasteiger partial charge in [0.05, 0.1) is 21.7 Å². The van der Waals surface area contributed by atoms with E-state index in [4.69, 9.17) is 16.6 Å². The highest BCUT2D eigenvalue weighted by Gasteiger charge is 2.25. The monoisotopic (exact) mass is 541 g/mol. The Morgan fingerprint density at radius 1 is 1.03 bits per heavy atom. The van der Waals surface area contributed by atoms with E-state index >= 15 is 0 Å². The van der Waals surface area contributed by atoms with E-state index < -0.39 is 10.0 Å². The molecule has 0 fully saturated rings. The lowest BCUT2D eigenvalue weighted by molar-refractivity contribution is 0.0985. The zero-order valence-electron chi connectivity index (χ0n) is 20.4. The molecule has 1 heterocycles. The number of aryl methyl sites for hydroxylation is 1. The summed E-state index contributed by atoms with van der Waals surface area (Å²) in [6, 6.07) is 19.6. The van der Waals surface area contributed by atoms with Gasteiger partial charge in [-0.2, -0.15) is 0 Å². The molecule has 0 saturated carbocycles. The quantitative estimate of drug-likeness (QED) is 0.242. The van der Waals surface area contributed by atoms with Crippen LogP contribution in [-0.4, -0.2) is 37.2 Å². The number of sulfonamides is 1. The maximum absolute atomic E-state index is 13.7. The second kappa shape index (κ2) is 11.1. The van der Waals surface area contributed by atoms with Crippen LogP contribution in [0.4, 0.5) is 5.13 Å². The smallest absolute Gasteiger partial charge is 0.260 e. The first kappa shape index (κ1) is 26.3. The van der Waals surface area contributed by atoms with E-state index in [0.29, 0.717) is 28.8 Å². The Kier molecular flexibility index (Phi) is 8.10. The fourth-order valence-corrected chi connectivity index (χ4v) is 6.19. The number of hydrogen-bond donors (Lipinski definition) is 0. The van der Waals surface area contributed by atoms with Crippen molar-refractivity contribution < 1.29 is 13.2 Å². The molecular formula is C27H28ClN3O3S2. The molecule has 0 aliphatic carbocycles. The first-order chi connectivity index (χ1) is 17.2. The number of nitrogens with zero attached hydrogens (tertiary/aromatic N) is 3. The van der Waals surface area contributed by atoms with Crippen molar-refractivity contribution >= 4 is 54.2 Å². The highest BCUT2D eigenvalue weighted by Crippen LogP contribution is 2.35. The molecule has 188 valence electrons. The highest BCUT2D eigenvalue weighted by molar-refractivity contribution is 7.89. The Morgan fingerprint density at radius 3 is 2.39 bits per heavy atom. The number of halogens is 1. The van der Waals surface area contributed by atoms with Gasteiger partial charge in [-0.05, 0) is 60.9 Å². The summed E-state index contributed by atoms with van der Waals surface area (Å²) in [5, 5.41) is 1.18. The summed E-state index contributed by atoms with van der Waals surface area (Å²) in [7, 11) is -2.04. The number of unbranched alkanes of at least 4 members (excludes halogenated alkanes) is 1. The van der Waals surface area contributed by atoms with Gasteiger partial charge in [-0.1, -0.05) is 66.6 Å². The van der Waals surface area contributed by atoms with Crippen molar-refractivity contribution in [3.8, 4) is 0 Å². The van der Waals surface area contributed by atoms with Gasteiger partial charge in [-0.3, -0.25) is 9.69 Å². The number of carbonyl (C=O) groups is 1. The third-order valence-electron chi connectivity index (χ3n) is 6.03. The zero-order valence-corrected chi connectivity index (χ0v) is 22.8. The molecule has 9 heteroatoms. The van der Waals surface area contributed by atoms with Crippen LogP contribution >= 0.6 is 22.9 Å². The maximum atomic E-state index is 13.7. The number of aromatic nitrogens is 1. The number of amides is 1. The summed E-state index contributed by atoms with van der Waals surface area (Å²) in [6.45, 7) is 4.70. The van der Waals surface area contributed by atoms with E-state index in [1.54, 1.807) is 24.1 Å². The Balaban J connectivity index is 1.68. The van der Waals surface area contributed by atoms with Gasteiger partial charge in [0.2, 0.25) is 10.0 Å². The average Bonchev–Trinajstić information content (AvgIpc) is 3.33. The van der Waals surface area contributed by atoms with Gasteiger partial charge in [0.15, 0.2) is 5.13 Å². The minimum atomic E-state index is -3.62. The maximum Gasteiger partial charge on any atom is 0.260 e. The van der Waals surface area contributed by atoms with Gasteiger partial charge in [-0.25, -0.2) is 17.7 Å². The van der Waals surface area contributed by atoms with Crippen molar-refractivity contribution in [3.05, 3.63) is 88.4 Å². The molecule has 36 heavy (non-hydrogen) atoms. The Labute approximate surface area is 221 Å². The van der Waals surface area contributed by atoms with Crippen LogP contribution in [0.15, 0.2) is 71.6 Å². The molecule has 0 unspecified atom stereocenters. The molecule has 0 saturated heterocycles. The molecule has 0 spiro atoms. The van der Waals surface area contributed by atoms with E-state index in [1.165, 1.54) is 27.8 Å². The molecule has 0 radical (unpaired) electrons. The summed E-state index contributed by atoms with van der Waals surface area (Å²) >= 11 is 7.72. The number of benzene rings is 3. The molecule has 0 aliphatic rings. The molecule has 1 amide bonds. The van der Waals surface area contributed by atoms with E-state index in [2.05, 4.69) is 0 Å². The Bertz CT molecular complexity index is 1470. The van der Waals surface area contributed by atoms with Crippen LogP contribution in [0.25, 0.3) is 10.2 Å². The van der Waals surface area contributed by atoms with Crippen molar-refractivity contribution in [2.24, 2.45) is 0 Å². The predicted molar refractivity (Wildman–Crippen MR) is 147 cm³/mol. The minimum absolute atomic E-state index is 0.164. The lowest BCUT2D eigenvalue weighted by Crippen LogP contribution is -2.30. The lowest BCUT2D eigenvalue weighted by atomic mass is 10.1. The number of carbonyl (C=O) groups excluding carboxylic acids is 1. The molecular weight excluding hydrogens is 514 g/mol. The van der Waals surface area contributed by atoms with Gasteiger partial charge in [0.25, 0.3) is 5.91 Å². The first-order valence-electron chi connectivity index (χ1n) is 11.7. The summed E-state index contributed by atoms with van der Waals surface area (Å²) in [4.78, 5) is 20.3. The van der Waals surface area contributed by atoms with Crippen LogP contribution in [-0.2, 0) is 16.6 Å². The second-order valence-corrected chi connectivity index (χ2v) is 12.1. The largest absolute Gasteiger partial charge is 0.279 e. The average molecular weight is 542 g/mol. The number of thiazole rings is 1. The van der Waals surface area contributed by atoms with Crippen LogP contribution in [0, 0.1) is 6.92 Å². The molecule has 6 nitrogen and oxygen atoms in total. The number of fused-ring (bicyclic) bond motifs is 1. The van der Waals surface area contributed by atoms with E-state index in [0.717, 1.165) is 34.2 Å². The molecule has 0 aliphatic heterocycles. The summed E-state index contributed by atoms with van der Waals surface area (Å²) in [5.41, 5.74) is 2.97. The minimum Gasteiger partial charge on any atom is -0.279 e. The Morgan fingerprint density at radius 2 is 1.72 bits per heavy atom. The van der Waals surface area contributed by atoms with Crippen molar-refractivity contribution in [2.45, 2.75) is 38.1 Å². The van der Waals surface area contributed by atoms with Crippen molar-refractivity contribution in [2.75, 3.05) is 18.5 Å². The highest BCUT2D eigenvalue weighted by atomic mass is 35.5. The standard InChI is InChI=1S/C27H28ClN3O3S2/c1-4-5-17-30(3)36(33,34)22-13-11-21(12-14-22)26(32)31(18-20-9-7-6-8-10-20)27-29-25-19(2)23(28)15-16-24(25)35-27/h6-16H,4-5,17-18H2,1-3H3. The SMILES string of the molecule is CCCCN(C)S(=O)(=O)c1ccc(C(=O)N(Cc2ccccc2)c2nc3c(C)c(Cl)ccc3s2)cc1. The molecule has 0 atom stereocenters. The summed E-state index contributed by atoms with van der Waals surface area (Å²) < 4.78 is 28.1. The second-order valence-electron chi connectivity index (χ2n) is 8.60. The van der Waals surface area contributed by atoms with Crippen molar-refractivity contribution in [1.82, 2.24) is 9.29 Å². The van der Waals surface area contributed by atoms with Crippen molar-refractivity contribution in [1.29, 1.82) is 0 Å². The molecule has 3 aromatic carbocycles. The number of anilines is 1. The fraction of sp³-hybridized carbons (Fsp3) is 0.259. The zero-order chi connectivity index (χ0) is 25.9. The predicted octanol–water partition coefficient (Wildman–Crippen LogP) is 6.53. The van der Waals surface area contributed by atoms with Gasteiger partial charge < -0.3 is 0 Å². The van der Waals surface area contributed by atoms with Gasteiger partial charge in [0.1, 0.15) is 0 Å². The van der Waals surface area contributed by atoms with Gasteiger partial charge in [0, 0.05) is 24.2 Å². The lowest BCUT2D eigenvalue weighted by Gasteiger charge is -2.21. The van der Waals surface area contributed by atoms with Crippen LogP contribution in [0.2, 0.25) is 5.02 Å². The number of hydrogen-bond acceptors (Lipinski definition) is 5. The van der Waals surface area contributed by atoms with Gasteiger partial charge in [-0.15, -0.1) is 0 Å². The molecule has 0 N–H and O–H groups in total. The third kappa shape index (κ3) is 5.47. The van der Waals surface area contributed by atoms with Crippen LogP contribution in [0.1, 0.15) is 41.3 Å². The molecule has 1 aromatic heterocycles. The van der Waals surface area contributed by atoms with Crippen LogP contribution in [0.5, 0.6) is 0 Å². The fourth-order valence-electron chi connectivity index (χ4n) is 3.80. The Hall–Kier alpha value is -2.78. The number of rotatable bonds is 9. The van der Waals surface area contributed by atoms with Crippen LogP contribution < -0.4 is 4.90 Å². The normalized spacial score (nSPS) is 11.8. The molecule has 4 rings (SSSR count). The van der Waals surface area contributed by atoms with E-state index in [-0.39, 0.29) is 10.8 Å².